The fraction of sp³-hybridized carbons (Fsp3) is 0.167. The van der Waals surface area contributed by atoms with Crippen LogP contribution in [-0.4, -0.2) is 26.8 Å². The van der Waals surface area contributed by atoms with Crippen LogP contribution in [0.3, 0.4) is 0 Å². The van der Waals surface area contributed by atoms with Gasteiger partial charge in [-0.1, -0.05) is 29.8 Å². The number of thiophene rings is 1. The van der Waals surface area contributed by atoms with Crippen molar-refractivity contribution in [3.8, 4) is 11.1 Å². The minimum atomic E-state index is -1.08. The van der Waals surface area contributed by atoms with Gasteiger partial charge in [-0.05, 0) is 25.5 Å². The van der Waals surface area contributed by atoms with Gasteiger partial charge in [0.25, 0.3) is 5.91 Å². The number of carboxylic acids is 1. The van der Waals surface area contributed by atoms with Crippen LogP contribution >= 0.6 is 11.3 Å². The molecular weight excluding hydrogens is 338 g/mol. The Kier molecular flexibility index (Phi) is 4.41. The Labute approximate surface area is 148 Å². The summed E-state index contributed by atoms with van der Waals surface area (Å²) in [6.45, 7) is 3.81. The first kappa shape index (κ1) is 16.9. The van der Waals surface area contributed by atoms with Crippen molar-refractivity contribution in [3.05, 3.63) is 58.2 Å². The van der Waals surface area contributed by atoms with Gasteiger partial charge >= 0.3 is 5.97 Å². The molecule has 0 saturated carbocycles. The fourth-order valence-corrected chi connectivity index (χ4v) is 3.40. The first-order valence-corrected chi connectivity index (χ1v) is 8.48. The molecule has 0 spiro atoms. The van der Waals surface area contributed by atoms with Gasteiger partial charge < -0.3 is 10.4 Å². The highest BCUT2D eigenvalue weighted by Gasteiger charge is 2.22. The van der Waals surface area contributed by atoms with Crippen molar-refractivity contribution >= 4 is 28.2 Å². The van der Waals surface area contributed by atoms with Gasteiger partial charge in [0.05, 0.1) is 0 Å². The number of nitrogens with one attached hydrogen (secondary N) is 1. The standard InChI is InChI=1S/C18H17N3O3S/c1-10-4-6-12(7-5-10)13-9-25-17(15(13)18(23)24)19-16(22)14-8-11(2)21(3)20-14/h4-9H,1-3H3,(H,19,22)(H,23,24). The summed E-state index contributed by atoms with van der Waals surface area (Å²) >= 11 is 1.19. The third-order valence-electron chi connectivity index (χ3n) is 3.94. The lowest BCUT2D eigenvalue weighted by Gasteiger charge is -2.05. The molecule has 0 atom stereocenters. The molecule has 1 amide bonds. The Hall–Kier alpha value is -2.93. The number of amides is 1. The van der Waals surface area contributed by atoms with Gasteiger partial charge in [0.1, 0.15) is 10.6 Å². The minimum Gasteiger partial charge on any atom is -0.478 e. The van der Waals surface area contributed by atoms with Crippen LogP contribution in [-0.2, 0) is 7.05 Å². The average Bonchev–Trinajstić information content (AvgIpc) is 3.12. The zero-order valence-corrected chi connectivity index (χ0v) is 14.8. The summed E-state index contributed by atoms with van der Waals surface area (Å²) in [4.78, 5) is 24.1. The lowest BCUT2D eigenvalue weighted by atomic mass is 10.0. The molecule has 0 radical (unpaired) electrons. The number of aromatic nitrogens is 2. The number of benzene rings is 1. The quantitative estimate of drug-likeness (QED) is 0.747. The molecule has 0 aliphatic heterocycles. The molecule has 3 aromatic rings. The summed E-state index contributed by atoms with van der Waals surface area (Å²) in [6.07, 6.45) is 0. The second-order valence-corrected chi connectivity index (χ2v) is 6.65. The highest BCUT2D eigenvalue weighted by molar-refractivity contribution is 7.15. The second-order valence-electron chi connectivity index (χ2n) is 5.77. The Morgan fingerprint density at radius 1 is 1.20 bits per heavy atom. The zero-order valence-electron chi connectivity index (χ0n) is 14.0. The number of hydrogen-bond acceptors (Lipinski definition) is 4. The Balaban J connectivity index is 1.95. The van der Waals surface area contributed by atoms with Gasteiger partial charge in [-0.25, -0.2) is 4.79 Å². The number of carbonyl (C=O) groups excluding carboxylic acids is 1. The summed E-state index contributed by atoms with van der Waals surface area (Å²) in [5.41, 5.74) is 3.67. The van der Waals surface area contributed by atoms with Crippen LogP contribution in [0.5, 0.6) is 0 Å². The van der Waals surface area contributed by atoms with E-state index in [-0.39, 0.29) is 11.3 Å². The minimum absolute atomic E-state index is 0.0925. The summed E-state index contributed by atoms with van der Waals surface area (Å²) < 4.78 is 1.60. The third-order valence-corrected chi connectivity index (χ3v) is 4.84. The summed E-state index contributed by atoms with van der Waals surface area (Å²) in [7, 11) is 1.75. The normalized spacial score (nSPS) is 10.7. The molecule has 0 saturated heterocycles. The Morgan fingerprint density at radius 2 is 1.88 bits per heavy atom. The highest BCUT2D eigenvalue weighted by atomic mass is 32.1. The van der Waals surface area contributed by atoms with Crippen LogP contribution in [0, 0.1) is 13.8 Å². The van der Waals surface area contributed by atoms with Crippen molar-refractivity contribution in [2.75, 3.05) is 5.32 Å². The number of anilines is 1. The van der Waals surface area contributed by atoms with E-state index in [9.17, 15) is 14.7 Å². The zero-order chi connectivity index (χ0) is 18.1. The van der Waals surface area contributed by atoms with Crippen LogP contribution in [0.1, 0.15) is 32.1 Å². The fourth-order valence-electron chi connectivity index (χ4n) is 2.45. The highest BCUT2D eigenvalue weighted by Crippen LogP contribution is 2.36. The molecule has 2 heterocycles. The van der Waals surface area contributed by atoms with E-state index in [4.69, 9.17) is 0 Å². The molecule has 0 fully saturated rings. The molecule has 128 valence electrons. The van der Waals surface area contributed by atoms with Crippen LogP contribution in [0.25, 0.3) is 11.1 Å². The smallest absolute Gasteiger partial charge is 0.339 e. The maximum Gasteiger partial charge on any atom is 0.339 e. The number of rotatable bonds is 4. The molecule has 0 aliphatic rings. The monoisotopic (exact) mass is 355 g/mol. The third kappa shape index (κ3) is 3.32. The molecule has 0 unspecified atom stereocenters. The molecule has 3 rings (SSSR count). The number of nitrogens with zero attached hydrogens (tertiary/aromatic N) is 2. The maximum atomic E-state index is 12.4. The van der Waals surface area contributed by atoms with Gasteiger partial charge in [-0.3, -0.25) is 9.48 Å². The van der Waals surface area contributed by atoms with Gasteiger partial charge in [-0.2, -0.15) is 5.10 Å². The lowest BCUT2D eigenvalue weighted by molar-refractivity contribution is 0.0699. The van der Waals surface area contributed by atoms with E-state index >= 15 is 0 Å². The molecule has 0 bridgehead atoms. The van der Waals surface area contributed by atoms with Crippen molar-refractivity contribution in [2.45, 2.75) is 13.8 Å². The van der Waals surface area contributed by atoms with E-state index in [2.05, 4.69) is 10.4 Å². The lowest BCUT2D eigenvalue weighted by Crippen LogP contribution is -2.14. The number of aryl methyl sites for hydroxylation is 3. The second kappa shape index (κ2) is 6.52. The topological polar surface area (TPSA) is 84.2 Å². The Bertz CT molecular complexity index is 935. The van der Waals surface area contributed by atoms with Gasteiger partial charge in [0.2, 0.25) is 0 Å². The Morgan fingerprint density at radius 3 is 2.44 bits per heavy atom. The predicted molar refractivity (Wildman–Crippen MR) is 97.3 cm³/mol. The number of carboxylic acid groups (broad SMARTS) is 1. The van der Waals surface area contributed by atoms with Crippen molar-refractivity contribution < 1.29 is 14.7 Å². The van der Waals surface area contributed by atoms with Crippen molar-refractivity contribution in [3.63, 3.8) is 0 Å². The van der Waals surface area contributed by atoms with Crippen molar-refractivity contribution in [1.82, 2.24) is 9.78 Å². The molecule has 2 N–H and O–H groups in total. The number of carbonyl (C=O) groups is 2. The van der Waals surface area contributed by atoms with Gasteiger partial charge in [0, 0.05) is 23.7 Å². The molecule has 7 heteroatoms. The van der Waals surface area contributed by atoms with Crippen molar-refractivity contribution in [2.24, 2.45) is 7.05 Å². The van der Waals surface area contributed by atoms with E-state index in [0.717, 1.165) is 16.8 Å². The van der Waals surface area contributed by atoms with E-state index in [1.54, 1.807) is 23.2 Å². The molecule has 1 aromatic carbocycles. The summed E-state index contributed by atoms with van der Waals surface area (Å²) in [6, 6.07) is 9.25. The number of aromatic carboxylic acids is 1. The van der Waals surface area contributed by atoms with E-state index < -0.39 is 11.9 Å². The molecule has 0 aliphatic carbocycles. The van der Waals surface area contributed by atoms with Gasteiger partial charge in [0.15, 0.2) is 5.69 Å². The summed E-state index contributed by atoms with van der Waals surface area (Å²) in [5.74, 6) is -1.51. The van der Waals surface area contributed by atoms with E-state index in [0.29, 0.717) is 10.6 Å². The SMILES string of the molecule is Cc1ccc(-c2csc(NC(=O)c3cc(C)n(C)n3)c2C(=O)O)cc1. The number of hydrogen-bond donors (Lipinski definition) is 2. The van der Waals surface area contributed by atoms with Crippen molar-refractivity contribution in [1.29, 1.82) is 0 Å². The van der Waals surface area contributed by atoms with Crippen LogP contribution in [0.4, 0.5) is 5.00 Å². The molecule has 2 aromatic heterocycles. The van der Waals surface area contributed by atoms with Crippen LogP contribution in [0.15, 0.2) is 35.7 Å². The van der Waals surface area contributed by atoms with E-state index in [1.807, 2.05) is 38.1 Å². The molecule has 25 heavy (non-hydrogen) atoms. The van der Waals surface area contributed by atoms with Crippen LogP contribution in [0.2, 0.25) is 0 Å². The molecule has 6 nitrogen and oxygen atoms in total. The maximum absolute atomic E-state index is 12.4. The first-order valence-electron chi connectivity index (χ1n) is 7.60. The predicted octanol–water partition coefficient (Wildman–Crippen LogP) is 3.72. The van der Waals surface area contributed by atoms with Crippen LogP contribution < -0.4 is 5.32 Å². The summed E-state index contributed by atoms with van der Waals surface area (Å²) in [5, 5.41) is 18.5. The van der Waals surface area contributed by atoms with E-state index in [1.165, 1.54) is 11.3 Å². The first-order chi connectivity index (χ1) is 11.9. The largest absolute Gasteiger partial charge is 0.478 e. The average molecular weight is 355 g/mol. The van der Waals surface area contributed by atoms with Gasteiger partial charge in [-0.15, -0.1) is 11.3 Å². The molecular formula is C18H17N3O3S.